The van der Waals surface area contributed by atoms with Crippen molar-refractivity contribution in [1.29, 1.82) is 0 Å². The molecule has 1 saturated heterocycles. The van der Waals surface area contributed by atoms with Gasteiger partial charge in [-0.25, -0.2) is 4.99 Å². The normalized spacial score (nSPS) is 14.6. The third-order valence-corrected chi connectivity index (χ3v) is 3.89. The van der Waals surface area contributed by atoms with Gasteiger partial charge >= 0.3 is 0 Å². The standard InChI is InChI=1S/C18H28N4O2/c1-3-19-18(21-14-17(23)22-11-7-8-12-22)20-13-15-9-5-6-10-16(15)24-4-2/h5-6,9-10H,3-4,7-8,11-14H2,1-2H3,(H2,19,20,21). The Morgan fingerprint density at radius 3 is 2.67 bits per heavy atom. The summed E-state index contributed by atoms with van der Waals surface area (Å²) in [6.07, 6.45) is 2.21. The Kier molecular flexibility index (Phi) is 7.39. The molecule has 132 valence electrons. The molecule has 0 atom stereocenters. The molecule has 1 aliphatic heterocycles. The molecule has 1 heterocycles. The maximum Gasteiger partial charge on any atom is 0.241 e. The molecule has 1 fully saturated rings. The third-order valence-electron chi connectivity index (χ3n) is 3.89. The lowest BCUT2D eigenvalue weighted by Crippen LogP contribution is -2.44. The molecule has 0 aromatic heterocycles. The largest absolute Gasteiger partial charge is 0.494 e. The van der Waals surface area contributed by atoms with Gasteiger partial charge < -0.3 is 20.3 Å². The molecule has 0 radical (unpaired) electrons. The van der Waals surface area contributed by atoms with Gasteiger partial charge in [-0.15, -0.1) is 0 Å². The summed E-state index contributed by atoms with van der Waals surface area (Å²) in [4.78, 5) is 18.6. The van der Waals surface area contributed by atoms with Crippen LogP contribution in [0.3, 0.4) is 0 Å². The predicted octanol–water partition coefficient (Wildman–Crippen LogP) is 1.76. The van der Waals surface area contributed by atoms with Crippen LogP contribution in [0.1, 0.15) is 32.3 Å². The molecule has 0 saturated carbocycles. The number of nitrogens with one attached hydrogen (secondary N) is 2. The van der Waals surface area contributed by atoms with Gasteiger partial charge in [0.2, 0.25) is 5.91 Å². The van der Waals surface area contributed by atoms with Crippen molar-refractivity contribution in [3.8, 4) is 5.75 Å². The molecule has 1 aromatic carbocycles. The molecule has 2 rings (SSSR count). The van der Waals surface area contributed by atoms with Crippen molar-refractivity contribution in [2.45, 2.75) is 33.2 Å². The fourth-order valence-corrected chi connectivity index (χ4v) is 2.67. The van der Waals surface area contributed by atoms with Crippen LogP contribution < -0.4 is 15.4 Å². The Balaban J connectivity index is 1.93. The Hall–Kier alpha value is -2.24. The van der Waals surface area contributed by atoms with Crippen LogP contribution in [0.4, 0.5) is 0 Å². The first kappa shape index (κ1) is 18.1. The highest BCUT2D eigenvalue weighted by molar-refractivity contribution is 5.86. The first-order valence-corrected chi connectivity index (χ1v) is 8.75. The van der Waals surface area contributed by atoms with E-state index in [9.17, 15) is 4.79 Å². The minimum atomic E-state index is 0.132. The Morgan fingerprint density at radius 1 is 1.21 bits per heavy atom. The molecular formula is C18H28N4O2. The van der Waals surface area contributed by atoms with Crippen LogP contribution in [0.25, 0.3) is 0 Å². The fourth-order valence-electron chi connectivity index (χ4n) is 2.67. The van der Waals surface area contributed by atoms with E-state index in [-0.39, 0.29) is 12.5 Å². The number of amides is 1. The summed E-state index contributed by atoms with van der Waals surface area (Å²) in [6.45, 7) is 7.87. The minimum Gasteiger partial charge on any atom is -0.494 e. The van der Waals surface area contributed by atoms with E-state index in [1.807, 2.05) is 43.0 Å². The van der Waals surface area contributed by atoms with Crippen molar-refractivity contribution >= 4 is 11.9 Å². The van der Waals surface area contributed by atoms with E-state index in [1.165, 1.54) is 0 Å². The average molecular weight is 332 g/mol. The minimum absolute atomic E-state index is 0.132. The van der Waals surface area contributed by atoms with Gasteiger partial charge in [-0.3, -0.25) is 4.79 Å². The zero-order chi connectivity index (χ0) is 17.2. The van der Waals surface area contributed by atoms with E-state index in [4.69, 9.17) is 4.74 Å². The SMILES string of the molecule is CCNC(=NCc1ccccc1OCC)NCC(=O)N1CCCC1. The van der Waals surface area contributed by atoms with Gasteiger partial charge in [0, 0.05) is 25.2 Å². The number of carbonyl (C=O) groups excluding carboxylic acids is 1. The van der Waals surface area contributed by atoms with Crippen LogP contribution in [0.2, 0.25) is 0 Å². The van der Waals surface area contributed by atoms with Gasteiger partial charge in [0.25, 0.3) is 0 Å². The third kappa shape index (κ3) is 5.44. The Bertz CT molecular complexity index is 554. The molecule has 0 unspecified atom stereocenters. The number of benzene rings is 1. The smallest absolute Gasteiger partial charge is 0.241 e. The van der Waals surface area contributed by atoms with E-state index in [0.717, 1.165) is 43.8 Å². The predicted molar refractivity (Wildman–Crippen MR) is 96.2 cm³/mol. The number of guanidine groups is 1. The highest BCUT2D eigenvalue weighted by Gasteiger charge is 2.17. The second-order valence-electron chi connectivity index (χ2n) is 5.68. The number of rotatable bonds is 7. The molecule has 6 heteroatoms. The molecule has 0 bridgehead atoms. The summed E-state index contributed by atoms with van der Waals surface area (Å²) in [7, 11) is 0. The van der Waals surface area contributed by atoms with Crippen molar-refractivity contribution < 1.29 is 9.53 Å². The summed E-state index contributed by atoms with van der Waals surface area (Å²) in [5, 5.41) is 6.30. The monoisotopic (exact) mass is 332 g/mol. The maximum absolute atomic E-state index is 12.1. The molecule has 1 amide bonds. The van der Waals surface area contributed by atoms with E-state index in [0.29, 0.717) is 19.1 Å². The summed E-state index contributed by atoms with van der Waals surface area (Å²) >= 11 is 0. The average Bonchev–Trinajstić information content (AvgIpc) is 3.13. The quantitative estimate of drug-likeness (QED) is 0.590. The number of hydrogen-bond acceptors (Lipinski definition) is 3. The molecule has 0 spiro atoms. The first-order valence-electron chi connectivity index (χ1n) is 8.75. The molecule has 6 nitrogen and oxygen atoms in total. The molecular weight excluding hydrogens is 304 g/mol. The second kappa shape index (κ2) is 9.80. The first-order chi connectivity index (χ1) is 11.7. The van der Waals surface area contributed by atoms with Crippen molar-refractivity contribution in [3.05, 3.63) is 29.8 Å². The highest BCUT2D eigenvalue weighted by Crippen LogP contribution is 2.18. The number of aliphatic imine (C=N–C) groups is 1. The van der Waals surface area contributed by atoms with Gasteiger partial charge in [0.15, 0.2) is 5.96 Å². The van der Waals surface area contributed by atoms with Crippen molar-refractivity contribution in [3.63, 3.8) is 0 Å². The topological polar surface area (TPSA) is 66.0 Å². The fraction of sp³-hybridized carbons (Fsp3) is 0.556. The zero-order valence-electron chi connectivity index (χ0n) is 14.7. The van der Waals surface area contributed by atoms with Crippen LogP contribution in [0, 0.1) is 0 Å². The van der Waals surface area contributed by atoms with Crippen LogP contribution >= 0.6 is 0 Å². The number of nitrogens with zero attached hydrogens (tertiary/aromatic N) is 2. The Labute approximate surface area is 144 Å². The maximum atomic E-state index is 12.1. The summed E-state index contributed by atoms with van der Waals surface area (Å²) < 4.78 is 5.62. The number of likely N-dealkylation sites (tertiary alicyclic amines) is 1. The van der Waals surface area contributed by atoms with E-state index >= 15 is 0 Å². The number of carbonyl (C=O) groups is 1. The van der Waals surface area contributed by atoms with Crippen LogP contribution in [-0.2, 0) is 11.3 Å². The van der Waals surface area contributed by atoms with Gasteiger partial charge in [0.05, 0.1) is 19.7 Å². The van der Waals surface area contributed by atoms with Gasteiger partial charge in [-0.05, 0) is 32.8 Å². The van der Waals surface area contributed by atoms with Gasteiger partial charge in [0.1, 0.15) is 5.75 Å². The van der Waals surface area contributed by atoms with Crippen LogP contribution in [0.5, 0.6) is 5.75 Å². The molecule has 0 aliphatic carbocycles. The van der Waals surface area contributed by atoms with Crippen LogP contribution in [0.15, 0.2) is 29.3 Å². The van der Waals surface area contributed by atoms with Crippen molar-refractivity contribution in [1.82, 2.24) is 15.5 Å². The summed E-state index contributed by atoms with van der Waals surface area (Å²) in [5.41, 5.74) is 1.03. The lowest BCUT2D eigenvalue weighted by Gasteiger charge is -2.17. The summed E-state index contributed by atoms with van der Waals surface area (Å²) in [6, 6.07) is 7.89. The van der Waals surface area contributed by atoms with E-state index in [1.54, 1.807) is 0 Å². The molecule has 24 heavy (non-hydrogen) atoms. The molecule has 2 N–H and O–H groups in total. The zero-order valence-corrected chi connectivity index (χ0v) is 14.7. The summed E-state index contributed by atoms with van der Waals surface area (Å²) in [5.74, 6) is 1.64. The van der Waals surface area contributed by atoms with Crippen molar-refractivity contribution in [2.24, 2.45) is 4.99 Å². The number of para-hydroxylation sites is 1. The molecule has 1 aliphatic rings. The van der Waals surface area contributed by atoms with Crippen LogP contribution in [-0.4, -0.2) is 49.6 Å². The van der Waals surface area contributed by atoms with Gasteiger partial charge in [-0.2, -0.15) is 0 Å². The Morgan fingerprint density at radius 2 is 1.96 bits per heavy atom. The lowest BCUT2D eigenvalue weighted by molar-refractivity contribution is -0.128. The van der Waals surface area contributed by atoms with E-state index < -0.39 is 0 Å². The molecule has 1 aromatic rings. The lowest BCUT2D eigenvalue weighted by atomic mass is 10.2. The number of hydrogen-bond donors (Lipinski definition) is 2. The van der Waals surface area contributed by atoms with Crippen molar-refractivity contribution in [2.75, 3.05) is 32.8 Å². The second-order valence-corrected chi connectivity index (χ2v) is 5.68. The van der Waals surface area contributed by atoms with Gasteiger partial charge in [-0.1, -0.05) is 18.2 Å². The highest BCUT2D eigenvalue weighted by atomic mass is 16.5. The van der Waals surface area contributed by atoms with E-state index in [2.05, 4.69) is 15.6 Å². The number of ether oxygens (including phenoxy) is 1.